The smallest absolute Gasteiger partial charge is 0.258 e. The highest BCUT2D eigenvalue weighted by molar-refractivity contribution is 7.17. The minimum absolute atomic E-state index is 0.178. The second kappa shape index (κ2) is 7.49. The normalized spacial score (nSPS) is 10.4. The van der Waals surface area contributed by atoms with Gasteiger partial charge in [-0.15, -0.1) is 11.3 Å². The number of fused-ring (bicyclic) bond motifs is 1. The summed E-state index contributed by atoms with van der Waals surface area (Å²) in [5.41, 5.74) is 8.51. The Labute approximate surface area is 154 Å². The minimum Gasteiger partial charge on any atom is -0.365 e. The molecule has 2 heterocycles. The first-order valence-electron chi connectivity index (χ1n) is 7.98. The number of halogens is 1. The molecule has 2 N–H and O–H groups in total. The third-order valence-corrected chi connectivity index (χ3v) is 4.95. The molecule has 1 amide bonds. The molecular weight excluding hydrogens is 349 g/mol. The van der Waals surface area contributed by atoms with Crippen molar-refractivity contribution < 1.29 is 9.18 Å². The number of carbonyl (C=O) groups is 1. The topological polar surface area (TPSA) is 60.9 Å². The van der Waals surface area contributed by atoms with Gasteiger partial charge in [-0.25, -0.2) is 4.39 Å². The van der Waals surface area contributed by atoms with Crippen molar-refractivity contribution in [2.45, 2.75) is 6.92 Å². The fraction of sp³-hybridized carbons (Fsp3) is 0.100. The van der Waals surface area contributed by atoms with Crippen molar-refractivity contribution >= 4 is 28.1 Å². The minimum atomic E-state index is -0.382. The summed E-state index contributed by atoms with van der Waals surface area (Å²) in [4.78, 5) is 12.8. The van der Waals surface area contributed by atoms with Gasteiger partial charge in [-0.1, -0.05) is 18.2 Å². The van der Waals surface area contributed by atoms with Crippen LogP contribution in [0.3, 0.4) is 0 Å². The van der Waals surface area contributed by atoms with Crippen LogP contribution in [0.25, 0.3) is 21.3 Å². The predicted molar refractivity (Wildman–Crippen MR) is 104 cm³/mol. The largest absolute Gasteiger partial charge is 0.365 e. The Hall–Kier alpha value is -2.99. The van der Waals surface area contributed by atoms with Crippen LogP contribution in [-0.2, 0) is 7.05 Å². The number of hydrogen-bond acceptors (Lipinski definition) is 3. The van der Waals surface area contributed by atoms with Gasteiger partial charge >= 0.3 is 0 Å². The van der Waals surface area contributed by atoms with E-state index in [4.69, 9.17) is 5.73 Å². The van der Waals surface area contributed by atoms with Gasteiger partial charge < -0.3 is 5.73 Å². The molecule has 0 radical (unpaired) electrons. The van der Waals surface area contributed by atoms with Crippen LogP contribution in [0.4, 0.5) is 4.39 Å². The van der Waals surface area contributed by atoms with Crippen molar-refractivity contribution in [1.82, 2.24) is 9.78 Å². The van der Waals surface area contributed by atoms with Crippen LogP contribution in [0.2, 0.25) is 0 Å². The number of amides is 1. The van der Waals surface area contributed by atoms with E-state index in [-0.39, 0.29) is 11.7 Å². The molecule has 0 spiro atoms. The highest BCUT2D eigenvalue weighted by Crippen LogP contribution is 2.32. The first-order chi connectivity index (χ1) is 12.4. The summed E-state index contributed by atoms with van der Waals surface area (Å²) in [7, 11) is 1.91. The van der Waals surface area contributed by atoms with Gasteiger partial charge in [0.1, 0.15) is 5.82 Å². The molecule has 132 valence electrons. The molecule has 4 nitrogen and oxygen atoms in total. The molecule has 6 heteroatoms. The Kier molecular flexibility index (Phi) is 5.14. The zero-order valence-corrected chi connectivity index (χ0v) is 15.3. The number of carbonyl (C=O) groups excluding carboxylic acids is 1. The van der Waals surface area contributed by atoms with Crippen molar-refractivity contribution in [3.63, 3.8) is 0 Å². The highest BCUT2D eigenvalue weighted by Gasteiger charge is 2.11. The van der Waals surface area contributed by atoms with E-state index in [1.165, 1.54) is 29.0 Å². The van der Waals surface area contributed by atoms with Crippen LogP contribution in [0.5, 0.6) is 0 Å². The van der Waals surface area contributed by atoms with Crippen molar-refractivity contribution in [2.75, 3.05) is 0 Å². The SMILES string of the molecule is Cc1cc2cn(C)nc2cc1-c1ccc(C(N)=O)s1.Fc1ccccc1. The fourth-order valence-corrected chi connectivity index (χ4v) is 3.54. The maximum atomic E-state index is 11.9. The summed E-state index contributed by atoms with van der Waals surface area (Å²) >= 11 is 1.41. The van der Waals surface area contributed by atoms with E-state index in [0.29, 0.717) is 4.88 Å². The molecule has 0 saturated carbocycles. The van der Waals surface area contributed by atoms with Crippen LogP contribution >= 0.6 is 11.3 Å². The number of nitrogens with two attached hydrogens (primary N) is 1. The van der Waals surface area contributed by atoms with Crippen LogP contribution < -0.4 is 5.73 Å². The zero-order valence-electron chi connectivity index (χ0n) is 14.4. The first-order valence-corrected chi connectivity index (χ1v) is 8.80. The summed E-state index contributed by atoms with van der Waals surface area (Å²) in [6.07, 6.45) is 2.00. The van der Waals surface area contributed by atoms with Gasteiger partial charge in [-0.2, -0.15) is 5.10 Å². The zero-order chi connectivity index (χ0) is 18.7. The summed E-state index contributed by atoms with van der Waals surface area (Å²) in [6.45, 7) is 2.06. The van der Waals surface area contributed by atoms with Crippen LogP contribution in [-0.4, -0.2) is 15.7 Å². The van der Waals surface area contributed by atoms with Crippen molar-refractivity contribution in [3.05, 3.63) is 77.1 Å². The number of aromatic nitrogens is 2. The third kappa shape index (κ3) is 3.97. The number of thiophene rings is 1. The van der Waals surface area contributed by atoms with E-state index < -0.39 is 0 Å². The molecular formula is C20H18FN3OS. The molecule has 0 atom stereocenters. The van der Waals surface area contributed by atoms with Crippen molar-refractivity contribution in [1.29, 1.82) is 0 Å². The summed E-state index contributed by atoms with van der Waals surface area (Å²) < 4.78 is 13.7. The van der Waals surface area contributed by atoms with Crippen LogP contribution in [0.1, 0.15) is 15.2 Å². The molecule has 0 aliphatic rings. The van der Waals surface area contributed by atoms with Gasteiger partial charge in [0, 0.05) is 23.5 Å². The van der Waals surface area contributed by atoms with Gasteiger partial charge in [-0.3, -0.25) is 9.48 Å². The van der Waals surface area contributed by atoms with Crippen LogP contribution in [0, 0.1) is 12.7 Å². The van der Waals surface area contributed by atoms with E-state index in [0.717, 1.165) is 21.3 Å². The Bertz CT molecular complexity index is 1050. The molecule has 26 heavy (non-hydrogen) atoms. The number of nitrogens with zero attached hydrogens (tertiary/aromatic N) is 2. The third-order valence-electron chi connectivity index (χ3n) is 3.81. The highest BCUT2D eigenvalue weighted by atomic mass is 32.1. The van der Waals surface area contributed by atoms with Gasteiger partial charge in [-0.05, 0) is 54.4 Å². The molecule has 0 unspecified atom stereocenters. The summed E-state index contributed by atoms with van der Waals surface area (Å²) in [5, 5.41) is 5.53. The number of hydrogen-bond donors (Lipinski definition) is 1. The average Bonchev–Trinajstić information content (AvgIpc) is 3.21. The van der Waals surface area contributed by atoms with E-state index in [2.05, 4.69) is 24.2 Å². The Morgan fingerprint density at radius 1 is 1.15 bits per heavy atom. The van der Waals surface area contributed by atoms with Crippen molar-refractivity contribution in [2.24, 2.45) is 12.8 Å². The van der Waals surface area contributed by atoms with E-state index in [1.54, 1.807) is 28.9 Å². The number of aryl methyl sites for hydroxylation is 2. The van der Waals surface area contributed by atoms with Gasteiger partial charge in [0.25, 0.3) is 5.91 Å². The molecule has 0 aliphatic heterocycles. The molecule has 0 aliphatic carbocycles. The molecule has 0 fully saturated rings. The Balaban J connectivity index is 0.000000236. The average molecular weight is 367 g/mol. The number of rotatable bonds is 2. The Morgan fingerprint density at radius 2 is 1.88 bits per heavy atom. The van der Waals surface area contributed by atoms with Gasteiger partial charge in [0.15, 0.2) is 0 Å². The van der Waals surface area contributed by atoms with E-state index in [9.17, 15) is 9.18 Å². The molecule has 4 aromatic rings. The second-order valence-electron chi connectivity index (χ2n) is 5.85. The fourth-order valence-electron chi connectivity index (χ4n) is 2.60. The van der Waals surface area contributed by atoms with E-state index in [1.807, 2.05) is 19.3 Å². The molecule has 0 saturated heterocycles. The lowest BCUT2D eigenvalue weighted by atomic mass is 10.1. The second-order valence-corrected chi connectivity index (χ2v) is 6.94. The maximum Gasteiger partial charge on any atom is 0.258 e. The van der Waals surface area contributed by atoms with Gasteiger partial charge in [0.2, 0.25) is 0 Å². The predicted octanol–water partition coefficient (Wildman–Crippen LogP) is 4.53. The monoisotopic (exact) mass is 367 g/mol. The summed E-state index contributed by atoms with van der Waals surface area (Å²) in [6, 6.07) is 15.8. The van der Waals surface area contributed by atoms with E-state index >= 15 is 0 Å². The standard InChI is InChI=1S/C14H13N3OS.C6H5F/c1-8-5-9-7-17(2)16-11(9)6-10(8)12-3-4-13(19-12)14(15)18;7-6-4-2-1-3-5-6/h3-7H,1-2H3,(H2,15,18);1-5H. The number of benzene rings is 2. The summed E-state index contributed by atoms with van der Waals surface area (Å²) in [5.74, 6) is -0.560. The quantitative estimate of drug-likeness (QED) is 0.566. The lowest BCUT2D eigenvalue weighted by molar-refractivity contribution is 0.100. The molecule has 2 aromatic heterocycles. The van der Waals surface area contributed by atoms with Crippen LogP contribution in [0.15, 0.2) is 60.8 Å². The number of primary amides is 1. The molecule has 2 aromatic carbocycles. The Morgan fingerprint density at radius 3 is 2.46 bits per heavy atom. The maximum absolute atomic E-state index is 11.9. The molecule has 0 bridgehead atoms. The van der Waals surface area contributed by atoms with Crippen molar-refractivity contribution in [3.8, 4) is 10.4 Å². The first kappa shape index (κ1) is 17.8. The molecule has 4 rings (SSSR count). The lowest BCUT2D eigenvalue weighted by Gasteiger charge is -2.02. The van der Waals surface area contributed by atoms with Gasteiger partial charge in [0.05, 0.1) is 10.4 Å². The lowest BCUT2D eigenvalue weighted by Crippen LogP contribution is -2.07.